The van der Waals surface area contributed by atoms with E-state index in [1.807, 2.05) is 0 Å². The molecular weight excluding hydrogens is 319 g/mol. The first-order valence-electron chi connectivity index (χ1n) is 7.23. The number of nitrogens with zero attached hydrogens (tertiary/aromatic N) is 2. The smallest absolute Gasteiger partial charge is 0.416 e. The van der Waals surface area contributed by atoms with Crippen molar-refractivity contribution < 1.29 is 17.9 Å². The maximum Gasteiger partial charge on any atom is 0.416 e. The number of rotatable bonds is 2. The fraction of sp³-hybridized carbons (Fsp3) is 0.176. The molecule has 0 radical (unpaired) electrons. The van der Waals surface area contributed by atoms with Crippen LogP contribution in [-0.2, 0) is 12.7 Å². The van der Waals surface area contributed by atoms with Crippen molar-refractivity contribution in [2.75, 3.05) is 7.11 Å². The molecule has 4 nitrogen and oxygen atoms in total. The van der Waals surface area contributed by atoms with Crippen LogP contribution in [0.4, 0.5) is 13.2 Å². The highest BCUT2D eigenvalue weighted by atomic mass is 19.4. The van der Waals surface area contributed by atoms with Crippen LogP contribution in [0.3, 0.4) is 0 Å². The second-order valence-electron chi connectivity index (χ2n) is 5.51. The lowest BCUT2D eigenvalue weighted by atomic mass is 9.93. The Morgan fingerprint density at radius 3 is 2.79 bits per heavy atom. The Kier molecular flexibility index (Phi) is 3.13. The summed E-state index contributed by atoms with van der Waals surface area (Å²) in [5.74, 6) is 0.399. The lowest BCUT2D eigenvalue weighted by Crippen LogP contribution is -2.07. The maximum absolute atomic E-state index is 13.2. The Morgan fingerprint density at radius 2 is 2.04 bits per heavy atom. The van der Waals surface area contributed by atoms with Crippen LogP contribution in [-0.4, -0.2) is 23.3 Å². The number of fused-ring (bicyclic) bond motifs is 2. The lowest BCUT2D eigenvalue weighted by Gasteiger charge is -2.14. The Labute approximate surface area is 135 Å². The molecule has 0 atom stereocenters. The normalized spacial score (nSPS) is 13.5. The van der Waals surface area contributed by atoms with Crippen molar-refractivity contribution in [2.24, 2.45) is 4.99 Å². The highest BCUT2D eigenvalue weighted by molar-refractivity contribution is 6.03. The summed E-state index contributed by atoms with van der Waals surface area (Å²) in [4.78, 5) is 11.3. The van der Waals surface area contributed by atoms with Crippen molar-refractivity contribution in [1.82, 2.24) is 9.97 Å². The minimum Gasteiger partial charge on any atom is -0.479 e. The molecule has 122 valence electrons. The van der Waals surface area contributed by atoms with Gasteiger partial charge in [-0.2, -0.15) is 13.2 Å². The Hall–Kier alpha value is -2.83. The fourth-order valence-electron chi connectivity index (χ4n) is 3.02. The average Bonchev–Trinajstić information content (AvgIpc) is 3.21. The van der Waals surface area contributed by atoms with Gasteiger partial charge in [0.05, 0.1) is 19.2 Å². The predicted molar refractivity (Wildman–Crippen MR) is 84.4 cm³/mol. The Bertz CT molecular complexity index is 973. The first kappa shape index (κ1) is 14.7. The third-order valence-corrected chi connectivity index (χ3v) is 4.12. The van der Waals surface area contributed by atoms with E-state index in [0.29, 0.717) is 33.7 Å². The summed E-state index contributed by atoms with van der Waals surface area (Å²) in [7, 11) is 1.50. The summed E-state index contributed by atoms with van der Waals surface area (Å²) in [5.41, 5.74) is 2.33. The van der Waals surface area contributed by atoms with Gasteiger partial charge in [-0.1, -0.05) is 0 Å². The molecule has 3 aromatic rings. The fourth-order valence-corrected chi connectivity index (χ4v) is 3.02. The van der Waals surface area contributed by atoms with Gasteiger partial charge in [0.2, 0.25) is 5.88 Å². The largest absolute Gasteiger partial charge is 0.479 e. The van der Waals surface area contributed by atoms with Crippen LogP contribution in [0.5, 0.6) is 5.88 Å². The van der Waals surface area contributed by atoms with E-state index in [1.54, 1.807) is 18.5 Å². The molecule has 1 N–H and O–H groups in total. The lowest BCUT2D eigenvalue weighted by molar-refractivity contribution is -0.137. The van der Waals surface area contributed by atoms with Crippen molar-refractivity contribution in [3.8, 4) is 17.0 Å². The summed E-state index contributed by atoms with van der Waals surface area (Å²) in [6.45, 7) is 0.256. The van der Waals surface area contributed by atoms with Gasteiger partial charge in [-0.3, -0.25) is 4.99 Å². The monoisotopic (exact) mass is 331 g/mol. The molecule has 24 heavy (non-hydrogen) atoms. The number of halogens is 3. The summed E-state index contributed by atoms with van der Waals surface area (Å²) < 4.78 is 44.9. The van der Waals surface area contributed by atoms with Crippen molar-refractivity contribution >= 4 is 17.1 Å². The summed E-state index contributed by atoms with van der Waals surface area (Å²) >= 11 is 0. The molecular formula is C17H12F3N3O. The van der Waals surface area contributed by atoms with Crippen LogP contribution in [0.2, 0.25) is 0 Å². The van der Waals surface area contributed by atoms with Gasteiger partial charge in [-0.25, -0.2) is 4.98 Å². The highest BCUT2D eigenvalue weighted by Gasteiger charge is 2.33. The van der Waals surface area contributed by atoms with E-state index in [2.05, 4.69) is 15.0 Å². The molecule has 0 amide bonds. The number of nitrogens with one attached hydrogen (secondary N) is 1. The standard InChI is InChI=1S/C17H12F3N3O/c1-24-16-15-11(2-3-22-15)14(8-23-16)12-5-10(17(18,19)20)4-9-6-21-7-13(9)12/h2-5,7-8,22H,6H2,1H3. The van der Waals surface area contributed by atoms with Crippen molar-refractivity contribution in [3.05, 3.63) is 47.3 Å². The maximum atomic E-state index is 13.2. The molecule has 1 aromatic carbocycles. The molecule has 7 heteroatoms. The van der Waals surface area contributed by atoms with Crippen molar-refractivity contribution in [3.63, 3.8) is 0 Å². The quantitative estimate of drug-likeness (QED) is 0.765. The number of alkyl halides is 3. The van der Waals surface area contributed by atoms with E-state index in [1.165, 1.54) is 13.3 Å². The molecule has 0 aliphatic carbocycles. The van der Waals surface area contributed by atoms with Gasteiger partial charge in [-0.05, 0) is 29.3 Å². The third kappa shape index (κ3) is 2.16. The summed E-state index contributed by atoms with van der Waals surface area (Å²) in [5, 5.41) is 0.753. The van der Waals surface area contributed by atoms with Gasteiger partial charge in [0.15, 0.2) is 0 Å². The van der Waals surface area contributed by atoms with Gasteiger partial charge in [-0.15, -0.1) is 0 Å². The van der Waals surface area contributed by atoms with Crippen LogP contribution in [0, 0.1) is 0 Å². The minimum atomic E-state index is -4.41. The van der Waals surface area contributed by atoms with E-state index in [4.69, 9.17) is 4.74 Å². The molecule has 0 bridgehead atoms. The number of aliphatic imine (C=N–C) groups is 1. The molecule has 4 rings (SSSR count). The van der Waals surface area contributed by atoms with Crippen molar-refractivity contribution in [2.45, 2.75) is 12.7 Å². The van der Waals surface area contributed by atoms with E-state index < -0.39 is 11.7 Å². The highest BCUT2D eigenvalue weighted by Crippen LogP contribution is 2.39. The second kappa shape index (κ2) is 5.09. The topological polar surface area (TPSA) is 50.3 Å². The number of hydrogen-bond acceptors (Lipinski definition) is 3. The predicted octanol–water partition coefficient (Wildman–Crippen LogP) is 4.19. The first-order valence-corrected chi connectivity index (χ1v) is 7.23. The van der Waals surface area contributed by atoms with Crippen molar-refractivity contribution in [1.29, 1.82) is 0 Å². The number of ether oxygens (including phenoxy) is 1. The minimum absolute atomic E-state index is 0.256. The number of pyridine rings is 1. The van der Waals surface area contributed by atoms with E-state index in [0.717, 1.165) is 17.5 Å². The van der Waals surface area contributed by atoms with Gasteiger partial charge in [0.25, 0.3) is 0 Å². The third-order valence-electron chi connectivity index (χ3n) is 4.12. The number of hydrogen-bond donors (Lipinski definition) is 1. The van der Waals surface area contributed by atoms with Crippen LogP contribution in [0.15, 0.2) is 35.6 Å². The second-order valence-corrected chi connectivity index (χ2v) is 5.51. The van der Waals surface area contributed by atoms with E-state index in [9.17, 15) is 13.2 Å². The molecule has 0 saturated carbocycles. The van der Waals surface area contributed by atoms with Gasteiger partial charge in [0.1, 0.15) is 5.52 Å². The zero-order valence-electron chi connectivity index (χ0n) is 12.6. The van der Waals surface area contributed by atoms with Gasteiger partial charge >= 0.3 is 6.18 Å². The van der Waals surface area contributed by atoms with Crippen LogP contribution in [0.1, 0.15) is 16.7 Å². The molecule has 3 heterocycles. The molecule has 0 fully saturated rings. The van der Waals surface area contributed by atoms with Crippen LogP contribution in [0.25, 0.3) is 22.0 Å². The van der Waals surface area contributed by atoms with Crippen LogP contribution < -0.4 is 4.74 Å². The number of aromatic nitrogens is 2. The van der Waals surface area contributed by atoms with Gasteiger partial charge < -0.3 is 9.72 Å². The molecule has 2 aromatic heterocycles. The summed E-state index contributed by atoms with van der Waals surface area (Å²) in [6.07, 6.45) is 0.453. The zero-order chi connectivity index (χ0) is 16.9. The first-order chi connectivity index (χ1) is 11.5. The molecule has 0 spiro atoms. The summed E-state index contributed by atoms with van der Waals surface area (Å²) in [6, 6.07) is 4.12. The molecule has 1 aliphatic heterocycles. The SMILES string of the molecule is COc1ncc(-c2cc(C(F)(F)F)cc3c2C=NC3)c2cc[nH]c12. The average molecular weight is 331 g/mol. The Balaban J connectivity index is 2.02. The van der Waals surface area contributed by atoms with Gasteiger partial charge in [0, 0.05) is 35.1 Å². The molecule has 1 aliphatic rings. The number of benzene rings is 1. The van der Waals surface area contributed by atoms with Crippen LogP contribution >= 0.6 is 0 Å². The molecule has 0 unspecified atom stereocenters. The Morgan fingerprint density at radius 1 is 1.21 bits per heavy atom. The van der Waals surface area contributed by atoms with E-state index >= 15 is 0 Å². The number of methoxy groups -OCH3 is 1. The van der Waals surface area contributed by atoms with E-state index in [-0.39, 0.29) is 6.54 Å². The number of aromatic amines is 1. The number of H-pyrrole nitrogens is 1. The molecule has 0 saturated heterocycles. The zero-order valence-corrected chi connectivity index (χ0v) is 12.6.